The number of benzene rings is 1. The second-order valence-electron chi connectivity index (χ2n) is 9.02. The molecule has 1 aliphatic rings. The SMILES string of the molecule is CCC1CCC(C/C=C/c2nc3c(OC(F)(F)C(C)(C)O)ccc(C(N)=CC=NC)c3o2)C1=N. The number of nitrogens with one attached hydrogen (secondary N) is 1. The zero-order valence-corrected chi connectivity index (χ0v) is 19.9. The van der Waals surface area contributed by atoms with E-state index in [1.807, 2.05) is 6.08 Å². The van der Waals surface area contributed by atoms with Gasteiger partial charge in [0.15, 0.2) is 22.5 Å². The summed E-state index contributed by atoms with van der Waals surface area (Å²) in [6, 6.07) is 2.82. The van der Waals surface area contributed by atoms with E-state index < -0.39 is 11.7 Å². The molecule has 0 spiro atoms. The van der Waals surface area contributed by atoms with Crippen molar-refractivity contribution in [2.75, 3.05) is 7.05 Å². The molecule has 0 radical (unpaired) electrons. The minimum atomic E-state index is -3.87. The van der Waals surface area contributed by atoms with Gasteiger partial charge in [-0.25, -0.2) is 4.98 Å². The van der Waals surface area contributed by atoms with E-state index in [-0.39, 0.29) is 28.7 Å². The van der Waals surface area contributed by atoms with Crippen LogP contribution in [0.3, 0.4) is 0 Å². The van der Waals surface area contributed by atoms with Gasteiger partial charge in [0.1, 0.15) is 0 Å². The maximum absolute atomic E-state index is 14.4. The van der Waals surface area contributed by atoms with Gasteiger partial charge in [0.05, 0.1) is 0 Å². The van der Waals surface area contributed by atoms with Gasteiger partial charge < -0.3 is 25.4 Å². The van der Waals surface area contributed by atoms with Gasteiger partial charge in [-0.2, -0.15) is 8.78 Å². The predicted molar refractivity (Wildman–Crippen MR) is 130 cm³/mol. The first-order valence-corrected chi connectivity index (χ1v) is 11.3. The molecule has 1 aromatic carbocycles. The van der Waals surface area contributed by atoms with E-state index in [4.69, 9.17) is 20.3 Å². The third-order valence-electron chi connectivity index (χ3n) is 6.10. The molecule has 0 aliphatic heterocycles. The molecule has 9 heteroatoms. The Balaban J connectivity index is 1.96. The normalized spacial score (nSPS) is 20.3. The molecule has 1 aromatic heterocycles. The first-order valence-electron chi connectivity index (χ1n) is 11.3. The number of hydrogen-bond donors (Lipinski definition) is 3. The number of aliphatic imine (C=N–C) groups is 1. The van der Waals surface area contributed by atoms with Gasteiger partial charge >= 0.3 is 6.11 Å². The smallest absolute Gasteiger partial charge is 0.426 e. The highest BCUT2D eigenvalue weighted by Crippen LogP contribution is 2.38. The van der Waals surface area contributed by atoms with Crippen molar-refractivity contribution in [3.8, 4) is 5.75 Å². The number of hydrogen-bond acceptors (Lipinski definition) is 7. The molecule has 0 saturated heterocycles. The molecule has 184 valence electrons. The summed E-state index contributed by atoms with van der Waals surface area (Å²) < 4.78 is 39.6. The van der Waals surface area contributed by atoms with Gasteiger partial charge in [-0.3, -0.25) is 4.99 Å². The topological polar surface area (TPSA) is 118 Å². The lowest BCUT2D eigenvalue weighted by Gasteiger charge is -2.28. The number of nitrogens with zero attached hydrogens (tertiary/aromatic N) is 2. The van der Waals surface area contributed by atoms with E-state index in [1.165, 1.54) is 18.3 Å². The second-order valence-corrected chi connectivity index (χ2v) is 9.02. The number of alkyl halides is 2. The Morgan fingerprint density at radius 3 is 2.68 bits per heavy atom. The second kappa shape index (κ2) is 10.0. The predicted octanol–water partition coefficient (Wildman–Crippen LogP) is 5.43. The fraction of sp³-hybridized carbons (Fsp3) is 0.480. The van der Waals surface area contributed by atoms with Crippen molar-refractivity contribution in [1.82, 2.24) is 4.98 Å². The van der Waals surface area contributed by atoms with Crippen molar-refractivity contribution >= 4 is 34.8 Å². The molecule has 1 heterocycles. The van der Waals surface area contributed by atoms with Crippen molar-refractivity contribution in [3.05, 3.63) is 35.7 Å². The quantitative estimate of drug-likeness (QED) is 0.419. The van der Waals surface area contributed by atoms with Crippen molar-refractivity contribution in [3.63, 3.8) is 0 Å². The monoisotopic (exact) mass is 474 g/mol. The number of allylic oxidation sites excluding steroid dienone is 2. The van der Waals surface area contributed by atoms with E-state index >= 15 is 0 Å². The lowest BCUT2D eigenvalue weighted by Crippen LogP contribution is -2.47. The highest BCUT2D eigenvalue weighted by molar-refractivity contribution is 5.94. The maximum atomic E-state index is 14.4. The number of ether oxygens (including phenoxy) is 1. The van der Waals surface area contributed by atoms with Gasteiger partial charge in [0.2, 0.25) is 5.89 Å². The van der Waals surface area contributed by atoms with Crippen LogP contribution < -0.4 is 10.5 Å². The van der Waals surface area contributed by atoms with Crippen molar-refractivity contribution in [2.24, 2.45) is 22.6 Å². The number of nitrogens with two attached hydrogens (primary N) is 1. The fourth-order valence-corrected chi connectivity index (χ4v) is 3.94. The van der Waals surface area contributed by atoms with E-state index in [2.05, 4.69) is 16.9 Å². The Morgan fingerprint density at radius 2 is 2.06 bits per heavy atom. The zero-order valence-electron chi connectivity index (χ0n) is 19.9. The van der Waals surface area contributed by atoms with E-state index in [9.17, 15) is 13.9 Å². The molecular weight excluding hydrogens is 442 g/mol. The molecule has 1 fully saturated rings. The molecule has 4 N–H and O–H groups in total. The molecule has 1 aliphatic carbocycles. The van der Waals surface area contributed by atoms with Crippen LogP contribution >= 0.6 is 0 Å². The standard InChI is InChI=1S/C25H32F2N4O3/c1-5-15-9-10-16(21(15)29)7-6-8-20-31-22-19(34-25(26,27)24(2,3)32)12-11-17(23(22)33-20)18(28)13-14-30-4/h6,8,11-16,29,32H,5,7,9-10,28H2,1-4H3/b8-6+,18-13?,29-21?,30-14?. The minimum Gasteiger partial charge on any atom is -0.436 e. The molecule has 7 nitrogen and oxygen atoms in total. The third-order valence-corrected chi connectivity index (χ3v) is 6.10. The van der Waals surface area contributed by atoms with Gasteiger partial charge in [-0.15, -0.1) is 0 Å². The van der Waals surface area contributed by atoms with Crippen LogP contribution in [0.15, 0.2) is 33.7 Å². The van der Waals surface area contributed by atoms with Crippen LogP contribution in [-0.4, -0.2) is 40.8 Å². The highest BCUT2D eigenvalue weighted by atomic mass is 19.3. The molecule has 0 amide bonds. The lowest BCUT2D eigenvalue weighted by atomic mass is 9.97. The molecule has 2 unspecified atom stereocenters. The number of aliphatic hydroxyl groups is 1. The van der Waals surface area contributed by atoms with Crippen LogP contribution in [0, 0.1) is 17.2 Å². The Labute approximate surface area is 197 Å². The van der Waals surface area contributed by atoms with Crippen molar-refractivity contribution < 1.29 is 23.0 Å². The molecule has 1 saturated carbocycles. The zero-order chi connectivity index (χ0) is 25.1. The van der Waals surface area contributed by atoms with Crippen LogP contribution in [0.2, 0.25) is 0 Å². The summed E-state index contributed by atoms with van der Waals surface area (Å²) in [5.41, 5.74) is 5.51. The van der Waals surface area contributed by atoms with Crippen LogP contribution in [0.5, 0.6) is 5.75 Å². The van der Waals surface area contributed by atoms with Crippen LogP contribution in [-0.2, 0) is 0 Å². The first-order chi connectivity index (χ1) is 16.0. The number of rotatable bonds is 9. The van der Waals surface area contributed by atoms with E-state index in [1.54, 1.807) is 19.2 Å². The summed E-state index contributed by atoms with van der Waals surface area (Å²) in [6.07, 6.45) is 6.41. The van der Waals surface area contributed by atoms with Gasteiger partial charge in [-0.05, 0) is 69.7 Å². The fourth-order valence-electron chi connectivity index (χ4n) is 3.94. The maximum Gasteiger partial charge on any atom is 0.426 e. The molecule has 34 heavy (non-hydrogen) atoms. The molecule has 3 rings (SSSR count). The van der Waals surface area contributed by atoms with Crippen LogP contribution in [0.1, 0.15) is 57.9 Å². The number of oxazole rings is 1. The molecular formula is C25H32F2N4O3. The van der Waals surface area contributed by atoms with Crippen LogP contribution in [0.4, 0.5) is 8.78 Å². The minimum absolute atomic E-state index is 0.0607. The molecule has 2 atom stereocenters. The number of fused-ring (bicyclic) bond motifs is 1. The summed E-state index contributed by atoms with van der Waals surface area (Å²) in [6.45, 7) is 4.02. The van der Waals surface area contributed by atoms with Gasteiger partial charge in [-0.1, -0.05) is 13.0 Å². The third kappa shape index (κ3) is 5.35. The Kier molecular flexibility index (Phi) is 7.55. The Hall–Kier alpha value is -3.07. The summed E-state index contributed by atoms with van der Waals surface area (Å²) >= 11 is 0. The number of halogens is 2. The largest absolute Gasteiger partial charge is 0.436 e. The Morgan fingerprint density at radius 1 is 1.35 bits per heavy atom. The summed E-state index contributed by atoms with van der Waals surface area (Å²) in [5, 5.41) is 18.1. The lowest BCUT2D eigenvalue weighted by molar-refractivity contribution is -0.275. The van der Waals surface area contributed by atoms with Crippen molar-refractivity contribution in [1.29, 1.82) is 5.41 Å². The van der Waals surface area contributed by atoms with Crippen LogP contribution in [0.25, 0.3) is 22.9 Å². The average Bonchev–Trinajstić information content (AvgIpc) is 3.35. The van der Waals surface area contributed by atoms with E-state index in [0.29, 0.717) is 23.6 Å². The molecule has 2 aromatic rings. The molecule has 0 bridgehead atoms. The van der Waals surface area contributed by atoms with Gasteiger partial charge in [0.25, 0.3) is 0 Å². The highest BCUT2D eigenvalue weighted by Gasteiger charge is 2.49. The van der Waals surface area contributed by atoms with Crippen molar-refractivity contribution in [2.45, 2.75) is 58.2 Å². The summed E-state index contributed by atoms with van der Waals surface area (Å²) in [5.74, 6) is 0.503. The number of aromatic nitrogens is 1. The average molecular weight is 475 g/mol. The first kappa shape index (κ1) is 25.6. The summed E-state index contributed by atoms with van der Waals surface area (Å²) in [4.78, 5) is 8.22. The summed E-state index contributed by atoms with van der Waals surface area (Å²) in [7, 11) is 1.60. The van der Waals surface area contributed by atoms with E-state index in [0.717, 1.165) is 38.8 Å². The Bertz CT molecular complexity index is 1130. The van der Waals surface area contributed by atoms with Gasteiger partial charge in [0, 0.05) is 36.2 Å².